The highest BCUT2D eigenvalue weighted by Gasteiger charge is 2.18. The molecule has 0 fully saturated rings. The summed E-state index contributed by atoms with van der Waals surface area (Å²) in [7, 11) is 0. The van der Waals surface area contributed by atoms with E-state index >= 15 is 0 Å². The fraction of sp³-hybridized carbons (Fsp3) is 0.0588. The van der Waals surface area contributed by atoms with E-state index in [4.69, 9.17) is 23.2 Å². The van der Waals surface area contributed by atoms with Crippen LogP contribution in [0.25, 0.3) is 11.2 Å². The fourth-order valence-electron chi connectivity index (χ4n) is 2.53. The molecule has 142 valence electrons. The summed E-state index contributed by atoms with van der Waals surface area (Å²) in [6.45, 7) is 0. The van der Waals surface area contributed by atoms with Gasteiger partial charge in [-0.1, -0.05) is 47.1 Å². The van der Waals surface area contributed by atoms with Crippen LogP contribution < -0.4 is 11.1 Å². The summed E-state index contributed by atoms with van der Waals surface area (Å²) in [6.07, 6.45) is 2.54. The standard InChI is InChI=1S/C17H10Cl2FN5O2S/c18-10-3-1-9(2-4-10)8-28-17-23-25-14(12(19)7-22-25)16(27)24(17)11-5-13(20)15(26)21-6-11/h1-7H,8H2,(H,21,26). The average molecular weight is 438 g/mol. The second kappa shape index (κ2) is 7.42. The van der Waals surface area contributed by atoms with Crippen LogP contribution in [0.4, 0.5) is 4.39 Å². The second-order valence-electron chi connectivity index (χ2n) is 5.70. The lowest BCUT2D eigenvalue weighted by molar-refractivity contribution is 0.601. The minimum Gasteiger partial charge on any atom is -0.324 e. The van der Waals surface area contributed by atoms with Crippen LogP contribution in [-0.4, -0.2) is 24.4 Å². The van der Waals surface area contributed by atoms with Crippen molar-refractivity contribution in [2.24, 2.45) is 0 Å². The molecule has 0 amide bonds. The van der Waals surface area contributed by atoms with Gasteiger partial charge in [0.1, 0.15) is 0 Å². The monoisotopic (exact) mass is 437 g/mol. The van der Waals surface area contributed by atoms with E-state index in [1.807, 2.05) is 12.1 Å². The highest BCUT2D eigenvalue weighted by molar-refractivity contribution is 7.98. The number of halogens is 3. The molecule has 0 spiro atoms. The van der Waals surface area contributed by atoms with Gasteiger partial charge in [0.05, 0.1) is 16.9 Å². The number of nitrogens with zero attached hydrogens (tertiary/aromatic N) is 4. The summed E-state index contributed by atoms with van der Waals surface area (Å²) in [5.41, 5.74) is -0.315. The van der Waals surface area contributed by atoms with Crippen LogP contribution in [-0.2, 0) is 5.75 Å². The molecule has 0 unspecified atom stereocenters. The first-order valence-electron chi connectivity index (χ1n) is 7.86. The van der Waals surface area contributed by atoms with Crippen LogP contribution in [0.15, 0.2) is 57.5 Å². The number of hydrogen-bond donors (Lipinski definition) is 1. The van der Waals surface area contributed by atoms with E-state index in [-0.39, 0.29) is 21.4 Å². The second-order valence-corrected chi connectivity index (χ2v) is 7.49. The molecule has 3 aromatic heterocycles. The SMILES string of the molecule is O=c1[nH]cc(-n2c(SCc3ccc(Cl)cc3)nn3ncc(Cl)c3c2=O)cc1F. The number of nitrogens with one attached hydrogen (secondary N) is 1. The smallest absolute Gasteiger partial charge is 0.286 e. The first-order chi connectivity index (χ1) is 13.4. The molecule has 0 aliphatic carbocycles. The molecule has 0 aliphatic rings. The number of pyridine rings is 1. The predicted molar refractivity (Wildman–Crippen MR) is 105 cm³/mol. The van der Waals surface area contributed by atoms with Crippen molar-refractivity contribution in [2.45, 2.75) is 10.9 Å². The summed E-state index contributed by atoms with van der Waals surface area (Å²) < 4.78 is 16.1. The zero-order chi connectivity index (χ0) is 19.8. The van der Waals surface area contributed by atoms with Crippen molar-refractivity contribution < 1.29 is 4.39 Å². The van der Waals surface area contributed by atoms with E-state index in [1.54, 1.807) is 12.1 Å². The number of aromatic nitrogens is 5. The lowest BCUT2D eigenvalue weighted by Gasteiger charge is -2.12. The molecule has 7 nitrogen and oxygen atoms in total. The van der Waals surface area contributed by atoms with Crippen LogP contribution in [0.5, 0.6) is 0 Å². The van der Waals surface area contributed by atoms with Gasteiger partial charge >= 0.3 is 0 Å². The van der Waals surface area contributed by atoms with Crippen molar-refractivity contribution in [3.63, 3.8) is 0 Å². The molecule has 11 heteroatoms. The number of benzene rings is 1. The maximum absolute atomic E-state index is 13.8. The van der Waals surface area contributed by atoms with Gasteiger partial charge in [0.25, 0.3) is 11.1 Å². The number of hydrogen-bond acceptors (Lipinski definition) is 5. The lowest BCUT2D eigenvalue weighted by Crippen LogP contribution is -2.26. The number of rotatable bonds is 4. The molecule has 0 atom stereocenters. The molecule has 4 rings (SSSR count). The summed E-state index contributed by atoms with van der Waals surface area (Å²) in [4.78, 5) is 26.6. The Morgan fingerprint density at radius 2 is 1.93 bits per heavy atom. The molecule has 4 aromatic rings. The molecule has 0 saturated heterocycles. The van der Waals surface area contributed by atoms with Gasteiger partial charge in [-0.05, 0) is 17.7 Å². The molecule has 0 bridgehead atoms. The Bertz CT molecular complexity index is 1300. The highest BCUT2D eigenvalue weighted by Crippen LogP contribution is 2.24. The number of thioether (sulfide) groups is 1. The maximum atomic E-state index is 13.8. The Hall–Kier alpha value is -2.62. The summed E-state index contributed by atoms with van der Waals surface area (Å²) in [6, 6.07) is 8.17. The average Bonchev–Trinajstić information content (AvgIpc) is 3.05. The Morgan fingerprint density at radius 3 is 2.64 bits per heavy atom. The highest BCUT2D eigenvalue weighted by atomic mass is 35.5. The van der Waals surface area contributed by atoms with E-state index < -0.39 is 16.9 Å². The Morgan fingerprint density at radius 1 is 1.18 bits per heavy atom. The third kappa shape index (κ3) is 3.44. The molecular weight excluding hydrogens is 428 g/mol. The minimum atomic E-state index is -1.02. The van der Waals surface area contributed by atoms with Crippen molar-refractivity contribution in [2.75, 3.05) is 0 Å². The van der Waals surface area contributed by atoms with Gasteiger partial charge < -0.3 is 4.98 Å². The maximum Gasteiger partial charge on any atom is 0.286 e. The van der Waals surface area contributed by atoms with Gasteiger partial charge in [-0.25, -0.2) is 4.39 Å². The van der Waals surface area contributed by atoms with Crippen LogP contribution >= 0.6 is 35.0 Å². The molecular formula is C17H10Cl2FN5O2S. The molecule has 0 aliphatic heterocycles. The Labute approximate surface area is 170 Å². The van der Waals surface area contributed by atoms with Crippen molar-refractivity contribution in [3.05, 3.63) is 84.9 Å². The zero-order valence-electron chi connectivity index (χ0n) is 13.9. The molecule has 28 heavy (non-hydrogen) atoms. The van der Waals surface area contributed by atoms with Crippen LogP contribution in [0.3, 0.4) is 0 Å². The van der Waals surface area contributed by atoms with Crippen molar-refractivity contribution in [1.29, 1.82) is 0 Å². The molecule has 3 heterocycles. The summed E-state index contributed by atoms with van der Waals surface area (Å²) in [5, 5.41) is 9.27. The minimum absolute atomic E-state index is 0.0455. The van der Waals surface area contributed by atoms with Gasteiger partial charge in [0, 0.05) is 23.0 Å². The van der Waals surface area contributed by atoms with Gasteiger partial charge in [0.15, 0.2) is 16.5 Å². The zero-order valence-corrected chi connectivity index (χ0v) is 16.2. The number of H-pyrrole nitrogens is 1. The van der Waals surface area contributed by atoms with E-state index in [0.29, 0.717) is 10.8 Å². The van der Waals surface area contributed by atoms with Crippen molar-refractivity contribution in [3.8, 4) is 5.69 Å². The molecule has 1 N–H and O–H groups in total. The molecule has 1 aromatic carbocycles. The molecule has 0 radical (unpaired) electrons. The first kappa shape index (κ1) is 18.7. The van der Waals surface area contributed by atoms with Crippen LogP contribution in [0, 0.1) is 5.82 Å². The van der Waals surface area contributed by atoms with Crippen LogP contribution in [0.1, 0.15) is 5.56 Å². The third-order valence-electron chi connectivity index (χ3n) is 3.87. The van der Waals surface area contributed by atoms with Crippen molar-refractivity contribution in [1.82, 2.24) is 24.4 Å². The van der Waals surface area contributed by atoms with E-state index in [1.165, 1.54) is 28.7 Å². The largest absolute Gasteiger partial charge is 0.324 e. The van der Waals surface area contributed by atoms with Gasteiger partial charge in [-0.15, -0.1) is 9.73 Å². The Balaban J connectivity index is 1.86. The van der Waals surface area contributed by atoms with E-state index in [2.05, 4.69) is 15.2 Å². The van der Waals surface area contributed by atoms with E-state index in [9.17, 15) is 14.0 Å². The summed E-state index contributed by atoms with van der Waals surface area (Å²) >= 11 is 13.2. The van der Waals surface area contributed by atoms with Crippen LogP contribution in [0.2, 0.25) is 10.0 Å². The topological polar surface area (TPSA) is 85.1 Å². The quantitative estimate of drug-likeness (QED) is 0.495. The lowest BCUT2D eigenvalue weighted by atomic mass is 10.2. The van der Waals surface area contributed by atoms with Gasteiger partial charge in [-0.2, -0.15) is 5.10 Å². The van der Waals surface area contributed by atoms with E-state index in [0.717, 1.165) is 16.3 Å². The first-order valence-corrected chi connectivity index (χ1v) is 9.60. The predicted octanol–water partition coefficient (Wildman–Crippen LogP) is 3.31. The third-order valence-corrected chi connectivity index (χ3v) is 5.39. The number of aromatic amines is 1. The fourth-order valence-corrected chi connectivity index (χ4v) is 3.79. The summed E-state index contributed by atoms with van der Waals surface area (Å²) in [5.74, 6) is -0.548. The van der Waals surface area contributed by atoms with Gasteiger partial charge in [0.2, 0.25) is 0 Å². The normalized spacial score (nSPS) is 11.2. The van der Waals surface area contributed by atoms with Crippen molar-refractivity contribution >= 4 is 40.5 Å². The molecule has 0 saturated carbocycles. The van der Waals surface area contributed by atoms with Gasteiger partial charge in [-0.3, -0.25) is 14.2 Å². The Kier molecular flexibility index (Phi) is 4.96. The number of fused-ring (bicyclic) bond motifs is 1.